The summed E-state index contributed by atoms with van der Waals surface area (Å²) in [6, 6.07) is 18.3. The van der Waals surface area contributed by atoms with Gasteiger partial charge in [0.1, 0.15) is 0 Å². The molecule has 0 N–H and O–H groups in total. The normalized spacial score (nSPS) is 12.1. The Labute approximate surface area is 201 Å². The highest BCUT2D eigenvalue weighted by Gasteiger charge is 2.26. The molecule has 0 amide bonds. The lowest BCUT2D eigenvalue weighted by Crippen LogP contribution is -2.14. The topological polar surface area (TPSA) is 100 Å². The third-order valence-electron chi connectivity index (χ3n) is 6.22. The van der Waals surface area contributed by atoms with Gasteiger partial charge >= 0.3 is 0 Å². The van der Waals surface area contributed by atoms with Crippen LogP contribution in [0.3, 0.4) is 0 Å². The van der Waals surface area contributed by atoms with Crippen LogP contribution in [0.15, 0.2) is 78.0 Å². The number of rotatable bonds is 4. The number of tetrazole rings is 1. The fourth-order valence-electron chi connectivity index (χ4n) is 4.47. The first-order valence-electron chi connectivity index (χ1n) is 11.0. The molecule has 0 saturated heterocycles. The molecule has 4 heterocycles. The minimum Gasteiger partial charge on any atom is -0.350 e. The SMILES string of the molecule is Cc1ccc(S(=O)(=O)n2c(-c3cn(C)c4ccc(-c5nnnn5C)cc34)cc3cccnc32)cc1. The number of fused-ring (bicyclic) bond motifs is 2. The Kier molecular flexibility index (Phi) is 4.61. The maximum atomic E-state index is 13.9. The molecule has 4 aromatic heterocycles. The van der Waals surface area contributed by atoms with E-state index < -0.39 is 10.0 Å². The van der Waals surface area contributed by atoms with Crippen molar-refractivity contribution < 1.29 is 8.42 Å². The first kappa shape index (κ1) is 21.2. The van der Waals surface area contributed by atoms with Crippen LogP contribution in [0.2, 0.25) is 0 Å². The number of benzene rings is 2. The van der Waals surface area contributed by atoms with Gasteiger partial charge in [0.2, 0.25) is 0 Å². The summed E-state index contributed by atoms with van der Waals surface area (Å²) in [4.78, 5) is 4.65. The number of hydrogen-bond acceptors (Lipinski definition) is 6. The van der Waals surface area contributed by atoms with E-state index in [4.69, 9.17) is 0 Å². The van der Waals surface area contributed by atoms with Crippen molar-refractivity contribution in [2.24, 2.45) is 14.1 Å². The molecule has 0 radical (unpaired) electrons. The maximum absolute atomic E-state index is 13.9. The van der Waals surface area contributed by atoms with Crippen LogP contribution in [-0.2, 0) is 24.1 Å². The Bertz CT molecular complexity index is 1840. The minimum absolute atomic E-state index is 0.207. The quantitative estimate of drug-likeness (QED) is 0.377. The van der Waals surface area contributed by atoms with Crippen LogP contribution < -0.4 is 0 Å². The van der Waals surface area contributed by atoms with E-state index in [1.807, 2.05) is 55.1 Å². The standard InChI is InChI=1S/C25H21N7O2S/c1-16-6-9-19(10-7-16)35(33,34)32-23(14-17-5-4-12-26-24(17)32)21-15-30(2)22-11-8-18(13-20(21)22)25-27-28-29-31(25)3/h4-15H,1-3H3. The van der Waals surface area contributed by atoms with E-state index >= 15 is 0 Å². The highest BCUT2D eigenvalue weighted by molar-refractivity contribution is 7.90. The molecule has 0 saturated carbocycles. The molecule has 6 aromatic rings. The molecule has 0 aliphatic heterocycles. The first-order chi connectivity index (χ1) is 16.8. The van der Waals surface area contributed by atoms with Crippen molar-refractivity contribution in [3.05, 3.63) is 78.6 Å². The summed E-state index contributed by atoms with van der Waals surface area (Å²) in [5, 5.41) is 13.4. The molecule has 174 valence electrons. The van der Waals surface area contributed by atoms with Gasteiger partial charge in [0.05, 0.1) is 10.6 Å². The highest BCUT2D eigenvalue weighted by atomic mass is 32.2. The number of nitrogens with zero attached hydrogens (tertiary/aromatic N) is 7. The Morgan fingerprint density at radius 1 is 0.943 bits per heavy atom. The van der Waals surface area contributed by atoms with Gasteiger partial charge in [-0.15, -0.1) is 5.10 Å². The molecule has 0 fully saturated rings. The molecule has 35 heavy (non-hydrogen) atoms. The third-order valence-corrected chi connectivity index (χ3v) is 7.94. The van der Waals surface area contributed by atoms with Crippen LogP contribution in [0, 0.1) is 6.92 Å². The summed E-state index contributed by atoms with van der Waals surface area (Å²) in [5.41, 5.74) is 4.47. The molecule has 0 atom stereocenters. The monoisotopic (exact) mass is 483 g/mol. The predicted octanol–water partition coefficient (Wildman–Crippen LogP) is 3.93. The molecule has 0 aliphatic carbocycles. The lowest BCUT2D eigenvalue weighted by molar-refractivity contribution is 0.589. The van der Waals surface area contributed by atoms with Crippen LogP contribution in [0.1, 0.15) is 5.56 Å². The van der Waals surface area contributed by atoms with E-state index in [9.17, 15) is 8.42 Å². The summed E-state index contributed by atoms with van der Waals surface area (Å²) in [6.45, 7) is 1.93. The zero-order chi connectivity index (χ0) is 24.3. The number of pyridine rings is 1. The summed E-state index contributed by atoms with van der Waals surface area (Å²) in [7, 11) is -0.208. The van der Waals surface area contributed by atoms with Crippen LogP contribution in [0.25, 0.3) is 44.6 Å². The molecular formula is C25H21N7O2S. The smallest absolute Gasteiger partial charge is 0.269 e. The molecule has 2 aromatic carbocycles. The van der Waals surface area contributed by atoms with Crippen molar-refractivity contribution in [3.63, 3.8) is 0 Å². The van der Waals surface area contributed by atoms with E-state index in [1.165, 1.54) is 3.97 Å². The van der Waals surface area contributed by atoms with E-state index in [2.05, 4.69) is 20.5 Å². The second-order valence-corrected chi connectivity index (χ2v) is 10.3. The second-order valence-electron chi connectivity index (χ2n) is 8.54. The van der Waals surface area contributed by atoms with Crippen molar-refractivity contribution in [3.8, 4) is 22.6 Å². The van der Waals surface area contributed by atoms with Gasteiger partial charge < -0.3 is 4.57 Å². The van der Waals surface area contributed by atoms with Crippen LogP contribution in [0.5, 0.6) is 0 Å². The van der Waals surface area contributed by atoms with E-state index in [0.717, 1.165) is 33.0 Å². The Morgan fingerprint density at radius 2 is 1.74 bits per heavy atom. The van der Waals surface area contributed by atoms with E-state index in [0.29, 0.717) is 17.2 Å². The number of aryl methyl sites for hydroxylation is 3. The first-order valence-corrected chi connectivity index (χ1v) is 12.4. The molecule has 0 unspecified atom stereocenters. The minimum atomic E-state index is -3.93. The Balaban J connectivity index is 1.66. The van der Waals surface area contributed by atoms with Gasteiger partial charge in [-0.1, -0.05) is 17.7 Å². The zero-order valence-corrected chi connectivity index (χ0v) is 20.1. The fraction of sp³-hybridized carbons (Fsp3) is 0.120. The molecule has 0 aliphatic rings. The van der Waals surface area contributed by atoms with Gasteiger partial charge in [-0.2, -0.15) is 0 Å². The lowest BCUT2D eigenvalue weighted by Gasteiger charge is -2.12. The van der Waals surface area contributed by atoms with Crippen LogP contribution >= 0.6 is 0 Å². The molecule has 0 spiro atoms. The van der Waals surface area contributed by atoms with Crippen molar-refractivity contribution in [1.29, 1.82) is 0 Å². The van der Waals surface area contributed by atoms with Crippen LogP contribution in [-0.4, -0.2) is 42.1 Å². The largest absolute Gasteiger partial charge is 0.350 e. The van der Waals surface area contributed by atoms with E-state index in [-0.39, 0.29) is 4.90 Å². The van der Waals surface area contributed by atoms with Gasteiger partial charge in [0.25, 0.3) is 10.0 Å². The van der Waals surface area contributed by atoms with Crippen molar-refractivity contribution in [1.82, 2.24) is 33.7 Å². The number of hydrogen-bond donors (Lipinski definition) is 0. The Hall–Kier alpha value is -4.31. The van der Waals surface area contributed by atoms with Gasteiger partial charge in [0.15, 0.2) is 11.5 Å². The summed E-state index contributed by atoms with van der Waals surface area (Å²) in [6.07, 6.45) is 3.55. The van der Waals surface area contributed by atoms with Crippen molar-refractivity contribution in [2.75, 3.05) is 0 Å². The molecule has 10 heteroatoms. The highest BCUT2D eigenvalue weighted by Crippen LogP contribution is 2.37. The molecular weight excluding hydrogens is 462 g/mol. The lowest BCUT2D eigenvalue weighted by atomic mass is 10.1. The van der Waals surface area contributed by atoms with Crippen molar-refractivity contribution in [2.45, 2.75) is 11.8 Å². The van der Waals surface area contributed by atoms with Gasteiger partial charge in [0, 0.05) is 53.9 Å². The van der Waals surface area contributed by atoms with Gasteiger partial charge in [-0.25, -0.2) is 22.1 Å². The maximum Gasteiger partial charge on any atom is 0.269 e. The Morgan fingerprint density at radius 3 is 2.49 bits per heavy atom. The summed E-state index contributed by atoms with van der Waals surface area (Å²) >= 11 is 0. The molecule has 9 nitrogen and oxygen atoms in total. The third kappa shape index (κ3) is 3.25. The average Bonchev–Trinajstić information content (AvgIpc) is 3.54. The summed E-state index contributed by atoms with van der Waals surface area (Å²) in [5.74, 6) is 0.621. The second kappa shape index (κ2) is 7.60. The average molecular weight is 484 g/mol. The molecule has 6 rings (SSSR count). The van der Waals surface area contributed by atoms with Gasteiger partial charge in [-0.05, 0) is 65.9 Å². The predicted molar refractivity (Wildman–Crippen MR) is 133 cm³/mol. The molecule has 0 bridgehead atoms. The van der Waals surface area contributed by atoms with Gasteiger partial charge in [-0.3, -0.25) is 0 Å². The summed E-state index contributed by atoms with van der Waals surface area (Å²) < 4.78 is 32.8. The van der Waals surface area contributed by atoms with E-state index in [1.54, 1.807) is 48.3 Å². The van der Waals surface area contributed by atoms with Crippen LogP contribution in [0.4, 0.5) is 0 Å². The zero-order valence-electron chi connectivity index (χ0n) is 19.3. The fourth-order valence-corrected chi connectivity index (χ4v) is 5.95. The van der Waals surface area contributed by atoms with Crippen molar-refractivity contribution >= 4 is 32.0 Å². The number of aromatic nitrogens is 7.